The van der Waals surface area contributed by atoms with Crippen molar-refractivity contribution in [2.75, 3.05) is 0 Å². The van der Waals surface area contributed by atoms with E-state index >= 15 is 0 Å². The zero-order valence-corrected chi connectivity index (χ0v) is 36.3. The molecule has 0 fully saturated rings. The number of aryl methyl sites for hydroxylation is 2. The van der Waals surface area contributed by atoms with Crippen LogP contribution in [0.1, 0.15) is 148 Å². The number of hydrogen-bond acceptors (Lipinski definition) is 5. The first-order valence-electron chi connectivity index (χ1n) is 22.1. The Balaban J connectivity index is 1.38. The van der Waals surface area contributed by atoms with Gasteiger partial charge in [0.05, 0.1) is 0 Å². The van der Waals surface area contributed by atoms with E-state index in [4.69, 9.17) is 0 Å². The number of nitriles is 4. The van der Waals surface area contributed by atoms with E-state index in [-0.39, 0.29) is 16.6 Å². The molecule has 0 radical (unpaired) electrons. The van der Waals surface area contributed by atoms with Crippen LogP contribution in [0.2, 0.25) is 0 Å². The summed E-state index contributed by atoms with van der Waals surface area (Å²) in [5.74, 6) is 0. The molecule has 1 heterocycles. The molecule has 0 unspecified atom stereocenters. The molecular formula is C55H52N4S. The lowest BCUT2D eigenvalue weighted by atomic mass is 9.69. The summed E-state index contributed by atoms with van der Waals surface area (Å²) >= 11 is 1.75. The van der Waals surface area contributed by atoms with E-state index in [0.717, 1.165) is 97.3 Å². The van der Waals surface area contributed by atoms with Crippen LogP contribution in [-0.4, -0.2) is 0 Å². The minimum atomic E-state index is -0.247. The second-order valence-electron chi connectivity index (χ2n) is 17.2. The van der Waals surface area contributed by atoms with Gasteiger partial charge in [-0.3, -0.25) is 0 Å². The van der Waals surface area contributed by atoms with E-state index in [1.54, 1.807) is 11.3 Å². The highest BCUT2D eigenvalue weighted by Crippen LogP contribution is 2.61. The fourth-order valence-electron chi connectivity index (χ4n) is 10.5. The lowest BCUT2D eigenvalue weighted by molar-refractivity contribution is 0.398. The van der Waals surface area contributed by atoms with E-state index < -0.39 is 0 Å². The van der Waals surface area contributed by atoms with Crippen LogP contribution in [0.4, 0.5) is 0 Å². The molecule has 8 rings (SSSR count). The summed E-state index contributed by atoms with van der Waals surface area (Å²) in [6, 6.07) is 35.7. The van der Waals surface area contributed by atoms with Crippen molar-refractivity contribution in [3.63, 3.8) is 0 Å². The Labute approximate surface area is 360 Å². The van der Waals surface area contributed by atoms with Crippen LogP contribution in [0.3, 0.4) is 0 Å². The van der Waals surface area contributed by atoms with Crippen molar-refractivity contribution >= 4 is 22.5 Å². The number of allylic oxidation sites excluding steroid dienone is 2. The van der Waals surface area contributed by atoms with Gasteiger partial charge in [0.25, 0.3) is 0 Å². The Hall–Kier alpha value is -5.98. The van der Waals surface area contributed by atoms with Crippen molar-refractivity contribution in [2.24, 2.45) is 0 Å². The quantitative estimate of drug-likeness (QED) is 0.0762. The van der Waals surface area contributed by atoms with Gasteiger partial charge in [0, 0.05) is 26.3 Å². The first-order valence-corrected chi connectivity index (χ1v) is 22.9. The number of hydrogen-bond donors (Lipinski definition) is 0. The molecule has 298 valence electrons. The predicted molar refractivity (Wildman–Crippen MR) is 247 cm³/mol. The average molecular weight is 801 g/mol. The van der Waals surface area contributed by atoms with Gasteiger partial charge in [0.15, 0.2) is 0 Å². The smallest absolute Gasteiger partial charge is 0.138 e. The third kappa shape index (κ3) is 7.01. The predicted octanol–water partition coefficient (Wildman–Crippen LogP) is 15.5. The van der Waals surface area contributed by atoms with Crippen molar-refractivity contribution in [1.29, 1.82) is 21.0 Å². The first kappa shape index (κ1) is 40.8. The molecule has 0 N–H and O–H groups in total. The summed E-state index contributed by atoms with van der Waals surface area (Å²) < 4.78 is 0. The molecule has 0 spiro atoms. The molecule has 1 aromatic heterocycles. The largest absolute Gasteiger partial charge is 0.192 e. The Kier molecular flexibility index (Phi) is 11.8. The second-order valence-corrected chi connectivity index (χ2v) is 18.5. The summed E-state index contributed by atoms with van der Waals surface area (Å²) in [6.45, 7) is 8.72. The number of fused-ring (bicyclic) bond motifs is 9. The minimum absolute atomic E-state index is 0.121. The number of rotatable bonds is 15. The molecule has 60 heavy (non-hydrogen) atoms. The molecule has 0 atom stereocenters. The third-order valence-electron chi connectivity index (χ3n) is 13.4. The topological polar surface area (TPSA) is 95.2 Å². The van der Waals surface area contributed by atoms with Crippen LogP contribution in [0.15, 0.2) is 83.9 Å². The highest BCUT2D eigenvalue weighted by Gasteiger charge is 2.45. The Morgan fingerprint density at radius 2 is 0.933 bits per heavy atom. The number of unbranched alkanes of at least 4 members (excludes halogenated alkanes) is 10. The summed E-state index contributed by atoms with van der Waals surface area (Å²) in [6.07, 6.45) is 16.7. The number of benzene rings is 4. The number of nitrogens with zero attached hydrogens (tertiary/aromatic N) is 4. The van der Waals surface area contributed by atoms with Crippen molar-refractivity contribution < 1.29 is 0 Å². The maximum absolute atomic E-state index is 10.5. The van der Waals surface area contributed by atoms with Gasteiger partial charge in [-0.2, -0.15) is 21.0 Å². The van der Waals surface area contributed by atoms with Crippen LogP contribution in [0.25, 0.3) is 55.0 Å². The summed E-state index contributed by atoms with van der Waals surface area (Å²) in [4.78, 5) is 2.40. The van der Waals surface area contributed by atoms with Crippen molar-refractivity contribution in [1.82, 2.24) is 0 Å². The Morgan fingerprint density at radius 1 is 0.467 bits per heavy atom. The van der Waals surface area contributed by atoms with Gasteiger partial charge in [0.1, 0.15) is 35.4 Å². The molecule has 0 aliphatic heterocycles. The van der Waals surface area contributed by atoms with Gasteiger partial charge in [-0.25, -0.2) is 0 Å². The van der Waals surface area contributed by atoms with E-state index in [0.29, 0.717) is 11.1 Å². The fraction of sp³-hybridized carbons (Fsp3) is 0.345. The standard InChI is InChI=1S/C55H52N4S/c1-5-7-9-11-13-15-23-55(24-16-14-12-10-8-6-2)50-29-42-40-20-17-35(3)25-46(40)53(38(31-56)32-57)48(42)27-44(50)45-28-49-43(30-51(45)55)41-21-19-37(52-22-18-36(4)60-52)26-47(41)54(49)39(33-58)34-59/h17-22,25-30H,5-16,23-24H2,1-4H3. The van der Waals surface area contributed by atoms with E-state index in [1.807, 2.05) is 0 Å². The van der Waals surface area contributed by atoms with Crippen molar-refractivity contribution in [3.8, 4) is 68.1 Å². The maximum Gasteiger partial charge on any atom is 0.138 e. The molecule has 4 nitrogen and oxygen atoms in total. The molecule has 0 saturated heterocycles. The SMILES string of the molecule is CCCCCCCCC1(CCCCCCCC)c2cc3c(cc2-c2cc4c(cc21)-c1ccc(-c2ccc(C)s2)cc1C4=C(C#N)C#N)C(=C(C#N)C#N)c1cc(C)ccc1-3. The van der Waals surface area contributed by atoms with Gasteiger partial charge < -0.3 is 0 Å². The lowest BCUT2D eigenvalue weighted by Gasteiger charge is -2.33. The summed E-state index contributed by atoms with van der Waals surface area (Å²) in [5.41, 5.74) is 16.6. The van der Waals surface area contributed by atoms with Gasteiger partial charge in [0.2, 0.25) is 0 Å². The molecule has 4 aromatic carbocycles. The maximum atomic E-state index is 10.5. The zero-order valence-electron chi connectivity index (χ0n) is 35.5. The van der Waals surface area contributed by atoms with Crippen LogP contribution in [0.5, 0.6) is 0 Å². The second kappa shape index (κ2) is 17.3. The molecule has 0 bridgehead atoms. The van der Waals surface area contributed by atoms with E-state index in [2.05, 4.69) is 125 Å². The fourth-order valence-corrected chi connectivity index (χ4v) is 11.3. The Morgan fingerprint density at radius 3 is 1.42 bits per heavy atom. The van der Waals surface area contributed by atoms with Crippen LogP contribution in [-0.2, 0) is 5.41 Å². The Bertz CT molecular complexity index is 2710. The van der Waals surface area contributed by atoms with Crippen LogP contribution in [0, 0.1) is 59.2 Å². The van der Waals surface area contributed by atoms with Crippen molar-refractivity contribution in [2.45, 2.75) is 123 Å². The highest BCUT2D eigenvalue weighted by molar-refractivity contribution is 7.15. The minimum Gasteiger partial charge on any atom is -0.192 e. The first-order chi connectivity index (χ1) is 29.3. The van der Waals surface area contributed by atoms with Crippen LogP contribution < -0.4 is 0 Å². The van der Waals surface area contributed by atoms with Gasteiger partial charge in [-0.05, 0) is 141 Å². The molecular weight excluding hydrogens is 749 g/mol. The zero-order chi connectivity index (χ0) is 42.0. The monoisotopic (exact) mass is 800 g/mol. The molecule has 0 amide bonds. The van der Waals surface area contributed by atoms with Gasteiger partial charge in [-0.15, -0.1) is 11.3 Å². The van der Waals surface area contributed by atoms with Gasteiger partial charge >= 0.3 is 0 Å². The number of thiophene rings is 1. The molecule has 3 aliphatic carbocycles. The summed E-state index contributed by atoms with van der Waals surface area (Å²) in [7, 11) is 0. The molecule has 0 saturated carbocycles. The van der Waals surface area contributed by atoms with Crippen LogP contribution >= 0.6 is 11.3 Å². The molecule has 5 aromatic rings. The van der Waals surface area contributed by atoms with Gasteiger partial charge in [-0.1, -0.05) is 127 Å². The normalized spacial score (nSPS) is 13.3. The van der Waals surface area contributed by atoms with E-state index in [9.17, 15) is 21.0 Å². The average Bonchev–Trinajstić information content (AvgIpc) is 3.99. The lowest BCUT2D eigenvalue weighted by Crippen LogP contribution is -2.26. The molecule has 3 aliphatic rings. The highest BCUT2D eigenvalue weighted by atomic mass is 32.1. The van der Waals surface area contributed by atoms with Crippen molar-refractivity contribution in [3.05, 3.63) is 128 Å². The van der Waals surface area contributed by atoms with E-state index in [1.165, 1.54) is 80.2 Å². The summed E-state index contributed by atoms with van der Waals surface area (Å²) in [5, 5.41) is 41.6. The molecule has 5 heteroatoms. The third-order valence-corrected chi connectivity index (χ3v) is 14.4.